The number of rotatable bonds is 9. The molecule has 1 aliphatic heterocycles. The van der Waals surface area contributed by atoms with E-state index < -0.39 is 80.8 Å². The molecule has 0 saturated carbocycles. The number of ether oxygens (including phenoxy) is 1. The van der Waals surface area contributed by atoms with Gasteiger partial charge in [-0.25, -0.2) is 14.3 Å². The zero-order valence-electron chi connectivity index (χ0n) is 14.9. The van der Waals surface area contributed by atoms with Gasteiger partial charge in [-0.2, -0.15) is 0 Å². The first kappa shape index (κ1) is 23.7. The van der Waals surface area contributed by atoms with E-state index >= 15 is 0 Å². The van der Waals surface area contributed by atoms with E-state index in [4.69, 9.17) is 30.5 Å². The van der Waals surface area contributed by atoms with Gasteiger partial charge in [0.2, 0.25) is 0 Å². The predicted molar refractivity (Wildman–Crippen MR) is 91.7 cm³/mol. The molecule has 168 valence electrons. The van der Waals surface area contributed by atoms with Gasteiger partial charge in [-0.1, -0.05) is 0 Å². The smallest absolute Gasteiger partial charge is 0.469 e. The summed E-state index contributed by atoms with van der Waals surface area (Å²) in [6.07, 6.45) is -6.03. The summed E-state index contributed by atoms with van der Waals surface area (Å²) in [5, 5.41) is 39.7. The van der Waals surface area contributed by atoms with E-state index in [1.165, 1.54) is 0 Å². The molecular weight excluding hydrogens is 435 g/mol. The van der Waals surface area contributed by atoms with Crippen LogP contribution in [0.3, 0.4) is 0 Å². The summed E-state index contributed by atoms with van der Waals surface area (Å²) in [6.45, 7) is -0.767. The first-order valence-electron chi connectivity index (χ1n) is 8.11. The van der Waals surface area contributed by atoms with Crippen molar-refractivity contribution in [3.8, 4) is 0 Å². The van der Waals surface area contributed by atoms with Crippen LogP contribution in [0.5, 0.6) is 0 Å². The maximum absolute atomic E-state index is 12.2. The second kappa shape index (κ2) is 9.05. The molecule has 1 amide bonds. The fraction of sp³-hybridized carbons (Fsp3) is 0.538. The summed E-state index contributed by atoms with van der Waals surface area (Å²) in [5.74, 6) is -4.61. The zero-order chi connectivity index (χ0) is 22.8. The summed E-state index contributed by atoms with van der Waals surface area (Å²) in [5.41, 5.74) is 5.27. The van der Waals surface area contributed by atoms with Crippen molar-refractivity contribution >= 4 is 31.5 Å². The van der Waals surface area contributed by atoms with Crippen molar-refractivity contribution in [1.82, 2.24) is 14.9 Å². The van der Waals surface area contributed by atoms with E-state index in [0.717, 1.165) is 10.9 Å². The fourth-order valence-corrected chi connectivity index (χ4v) is 2.96. The van der Waals surface area contributed by atoms with Gasteiger partial charge >= 0.3 is 19.8 Å². The number of hydrogen-bond acceptors (Lipinski definition) is 10. The van der Waals surface area contributed by atoms with Gasteiger partial charge in [0, 0.05) is 0 Å². The van der Waals surface area contributed by atoms with Crippen LogP contribution < -0.4 is 11.1 Å². The lowest BCUT2D eigenvalue weighted by molar-refractivity contribution is -0.145. The summed E-state index contributed by atoms with van der Waals surface area (Å²) < 4.78 is 21.2. The highest BCUT2D eigenvalue weighted by molar-refractivity contribution is 7.46. The van der Waals surface area contributed by atoms with Crippen LogP contribution >= 0.6 is 7.82 Å². The van der Waals surface area contributed by atoms with E-state index in [1.54, 1.807) is 0 Å². The molecule has 2 rings (SSSR count). The van der Waals surface area contributed by atoms with Crippen molar-refractivity contribution in [1.29, 1.82) is 0 Å². The monoisotopic (exact) mass is 454 g/mol. The van der Waals surface area contributed by atoms with E-state index in [9.17, 15) is 29.2 Å². The lowest BCUT2D eigenvalue weighted by Gasteiger charge is -2.18. The largest absolute Gasteiger partial charge is 0.481 e. The number of aliphatic carboxylic acids is 2. The van der Waals surface area contributed by atoms with Gasteiger partial charge in [-0.15, -0.1) is 0 Å². The van der Waals surface area contributed by atoms with Crippen LogP contribution in [-0.2, 0) is 23.4 Å². The molecule has 30 heavy (non-hydrogen) atoms. The number of aliphatic hydroxyl groups excluding tert-OH is 2. The third kappa shape index (κ3) is 5.51. The number of carbonyl (C=O) groups excluding carboxylic acids is 1. The molecule has 9 N–H and O–H groups in total. The summed E-state index contributed by atoms with van der Waals surface area (Å²) in [4.78, 5) is 55.1. The van der Waals surface area contributed by atoms with Gasteiger partial charge in [-0.05, 0) is 0 Å². The number of nitrogens with one attached hydrogen (secondary N) is 1. The van der Waals surface area contributed by atoms with Crippen LogP contribution in [0.4, 0.5) is 5.82 Å². The molecule has 1 fully saturated rings. The number of nitrogens with two attached hydrogens (primary N) is 1. The molecule has 16 nitrogen and oxygen atoms in total. The van der Waals surface area contributed by atoms with Crippen molar-refractivity contribution in [3.63, 3.8) is 0 Å². The zero-order valence-corrected chi connectivity index (χ0v) is 15.8. The van der Waals surface area contributed by atoms with Gasteiger partial charge in [0.25, 0.3) is 5.91 Å². The number of hydrogen-bond donors (Lipinski definition) is 8. The molecule has 0 aromatic carbocycles. The van der Waals surface area contributed by atoms with Gasteiger partial charge in [0.15, 0.2) is 11.9 Å². The highest BCUT2D eigenvalue weighted by atomic mass is 31.2. The maximum atomic E-state index is 12.2. The second-order valence-corrected chi connectivity index (χ2v) is 7.42. The first-order valence-corrected chi connectivity index (χ1v) is 9.64. The van der Waals surface area contributed by atoms with Crippen LogP contribution in [0.15, 0.2) is 6.33 Å². The number of carboxylic acids is 2. The molecular formula is C13H19N4O12P. The summed E-state index contributed by atoms with van der Waals surface area (Å²) >= 11 is 0. The molecule has 1 aliphatic rings. The highest BCUT2D eigenvalue weighted by Crippen LogP contribution is 2.38. The topological polar surface area (TPSA) is 264 Å². The minimum atomic E-state index is -4.87. The Kier molecular flexibility index (Phi) is 7.14. The van der Waals surface area contributed by atoms with E-state index in [1.807, 2.05) is 5.32 Å². The van der Waals surface area contributed by atoms with Crippen molar-refractivity contribution in [3.05, 3.63) is 12.0 Å². The molecule has 2 heterocycles. The summed E-state index contributed by atoms with van der Waals surface area (Å²) in [6, 6.07) is -1.76. The fourth-order valence-electron chi connectivity index (χ4n) is 2.62. The third-order valence-electron chi connectivity index (χ3n) is 4.05. The van der Waals surface area contributed by atoms with Crippen LogP contribution in [0.25, 0.3) is 0 Å². The number of imidazole rings is 1. The van der Waals surface area contributed by atoms with Gasteiger partial charge in [-0.3, -0.25) is 18.7 Å². The average molecular weight is 454 g/mol. The lowest BCUT2D eigenvalue weighted by Crippen LogP contribution is -2.42. The first-order chi connectivity index (χ1) is 13.8. The Morgan fingerprint density at radius 3 is 2.47 bits per heavy atom. The molecule has 17 heteroatoms. The minimum absolute atomic E-state index is 0.417. The van der Waals surface area contributed by atoms with E-state index in [2.05, 4.69) is 9.51 Å². The normalized spacial score (nSPS) is 25.1. The highest BCUT2D eigenvalue weighted by Gasteiger charge is 2.45. The Bertz CT molecular complexity index is 868. The van der Waals surface area contributed by atoms with Crippen LogP contribution in [-0.4, -0.2) is 88.6 Å². The van der Waals surface area contributed by atoms with Gasteiger partial charge in [0.1, 0.15) is 30.2 Å². The molecule has 1 aromatic rings. The standard InChI is InChI=1S/C13H19N4O12P/c14-10-7(11(22)16-4(13(23)24)1-6(18)19)15-3-17(10)12-9(21)8(20)5(29-12)2-28-30(25,26)27/h3-5,8-9,12,20-21H,1-2,14H2,(H,16,22)(H,18,19)(H,23,24)(H2,25,26,27)/t4?,5-,8?,9?,12-/m1/s1. The van der Waals surface area contributed by atoms with Crippen molar-refractivity contribution in [2.45, 2.75) is 37.0 Å². The van der Waals surface area contributed by atoms with Gasteiger partial charge < -0.3 is 46.0 Å². The molecule has 0 bridgehead atoms. The van der Waals surface area contributed by atoms with E-state index in [0.29, 0.717) is 0 Å². The number of phosphoric ester groups is 1. The number of aliphatic hydroxyl groups is 2. The Morgan fingerprint density at radius 2 is 1.93 bits per heavy atom. The molecule has 1 aromatic heterocycles. The van der Waals surface area contributed by atoms with Crippen molar-refractivity contribution < 1.29 is 58.4 Å². The number of carboxylic acid groups (broad SMARTS) is 2. The van der Waals surface area contributed by atoms with Crippen LogP contribution in [0, 0.1) is 0 Å². The van der Waals surface area contributed by atoms with Crippen molar-refractivity contribution in [2.24, 2.45) is 0 Å². The Balaban J connectivity index is 2.16. The number of anilines is 1. The van der Waals surface area contributed by atoms with Gasteiger partial charge in [0.05, 0.1) is 19.4 Å². The molecule has 0 spiro atoms. The Hall–Kier alpha value is -2.59. The van der Waals surface area contributed by atoms with E-state index in [-0.39, 0.29) is 0 Å². The number of amides is 1. The average Bonchev–Trinajstić information content (AvgIpc) is 3.12. The number of carbonyl (C=O) groups is 3. The molecule has 0 aliphatic carbocycles. The SMILES string of the molecule is Nc1c(C(=O)NC(CC(=O)O)C(=O)O)ncn1[C@@H]1O[C@H](COP(=O)(O)O)C(O)C1O. The molecule has 1 saturated heterocycles. The lowest BCUT2D eigenvalue weighted by atomic mass is 10.1. The van der Waals surface area contributed by atoms with Crippen LogP contribution in [0.1, 0.15) is 23.1 Å². The number of phosphoric acid groups is 1. The minimum Gasteiger partial charge on any atom is -0.481 e. The number of aromatic nitrogens is 2. The quantitative estimate of drug-likeness (QED) is 0.171. The third-order valence-corrected chi connectivity index (χ3v) is 4.53. The molecule has 5 atom stereocenters. The second-order valence-electron chi connectivity index (χ2n) is 6.18. The van der Waals surface area contributed by atoms with Crippen molar-refractivity contribution in [2.75, 3.05) is 12.3 Å². The predicted octanol–water partition coefficient (Wildman–Crippen LogP) is -3.15. The number of nitrogens with zero attached hydrogens (tertiary/aromatic N) is 2. The Labute approximate surface area is 167 Å². The Morgan fingerprint density at radius 1 is 1.30 bits per heavy atom. The maximum Gasteiger partial charge on any atom is 0.469 e. The number of nitrogen functional groups attached to an aromatic ring is 1. The summed E-state index contributed by atoms with van der Waals surface area (Å²) in [7, 11) is -4.87. The molecule has 3 unspecified atom stereocenters. The van der Waals surface area contributed by atoms with Crippen LogP contribution in [0.2, 0.25) is 0 Å². The molecule has 0 radical (unpaired) electrons.